The van der Waals surface area contributed by atoms with Gasteiger partial charge in [-0.05, 0) is 6.07 Å². The van der Waals surface area contributed by atoms with Crippen LogP contribution in [0.5, 0.6) is 11.5 Å². The number of hydrogen-bond acceptors (Lipinski definition) is 4. The zero-order chi connectivity index (χ0) is 18.1. The highest BCUT2D eigenvalue weighted by Gasteiger charge is 2.14. The lowest BCUT2D eigenvalue weighted by atomic mass is 10.2. The van der Waals surface area contributed by atoms with E-state index in [0.717, 1.165) is 23.5 Å². The zero-order valence-electron chi connectivity index (χ0n) is 15.3. The molecule has 0 aliphatic carbocycles. The molecule has 1 amide bonds. The van der Waals surface area contributed by atoms with Crippen LogP contribution < -0.4 is 20.1 Å². The molecule has 0 aromatic heterocycles. The quantitative estimate of drug-likeness (QED) is 0.285. The van der Waals surface area contributed by atoms with Crippen LogP contribution in [-0.2, 0) is 11.3 Å². The Balaban J connectivity index is 0.00000338. The number of halogens is 1. The lowest BCUT2D eigenvalue weighted by Gasteiger charge is -2.15. The first kappa shape index (κ1) is 22.1. The van der Waals surface area contributed by atoms with Crippen LogP contribution in [0.4, 0.5) is 0 Å². The highest BCUT2D eigenvalue weighted by Crippen LogP contribution is 2.33. The lowest BCUT2D eigenvalue weighted by molar-refractivity contribution is -0.127. The standard InChI is InChI=1S/C18H26N4O3.HI/c1-4-9-19-18(21-13-16(23)22(2)3)20-12-14-7-5-8-15-17(14)25-11-6-10-24-15;/h4-5,7-8H,1,6,9-13H2,2-3H3,(H2,19,20,21);1H. The number of fused-ring (bicyclic) bond motifs is 1. The van der Waals surface area contributed by atoms with Crippen LogP contribution in [0.25, 0.3) is 0 Å². The molecule has 0 bridgehead atoms. The topological polar surface area (TPSA) is 75.2 Å². The summed E-state index contributed by atoms with van der Waals surface area (Å²) < 4.78 is 11.5. The number of nitrogens with zero attached hydrogens (tertiary/aromatic N) is 2. The van der Waals surface area contributed by atoms with Gasteiger partial charge < -0.3 is 25.0 Å². The summed E-state index contributed by atoms with van der Waals surface area (Å²) in [7, 11) is 3.43. The Morgan fingerprint density at radius 2 is 2.08 bits per heavy atom. The third kappa shape index (κ3) is 6.74. The van der Waals surface area contributed by atoms with Crippen molar-refractivity contribution in [2.75, 3.05) is 40.4 Å². The highest BCUT2D eigenvalue weighted by molar-refractivity contribution is 14.0. The number of benzene rings is 1. The van der Waals surface area contributed by atoms with Gasteiger partial charge in [0.2, 0.25) is 5.91 Å². The molecule has 1 aliphatic rings. The maximum absolute atomic E-state index is 11.7. The Morgan fingerprint density at radius 3 is 2.81 bits per heavy atom. The largest absolute Gasteiger partial charge is 0.490 e. The first-order valence-corrected chi connectivity index (χ1v) is 8.32. The molecule has 7 nitrogen and oxygen atoms in total. The summed E-state index contributed by atoms with van der Waals surface area (Å²) in [5, 5.41) is 6.13. The molecule has 1 aliphatic heterocycles. The van der Waals surface area contributed by atoms with E-state index in [2.05, 4.69) is 22.2 Å². The number of carbonyl (C=O) groups is 1. The molecule has 144 valence electrons. The summed E-state index contributed by atoms with van der Waals surface area (Å²) in [5.41, 5.74) is 0.943. The molecule has 0 atom stereocenters. The number of guanidine groups is 1. The van der Waals surface area contributed by atoms with Crippen LogP contribution in [-0.4, -0.2) is 57.2 Å². The van der Waals surface area contributed by atoms with E-state index in [0.29, 0.717) is 32.3 Å². The van der Waals surface area contributed by atoms with E-state index in [9.17, 15) is 4.79 Å². The van der Waals surface area contributed by atoms with E-state index in [-0.39, 0.29) is 36.4 Å². The number of aliphatic imine (C=N–C) groups is 1. The molecule has 0 radical (unpaired) electrons. The number of carbonyl (C=O) groups excluding carboxylic acids is 1. The van der Waals surface area contributed by atoms with Gasteiger partial charge in [-0.15, -0.1) is 30.6 Å². The first-order chi connectivity index (χ1) is 12.1. The maximum Gasteiger partial charge on any atom is 0.241 e. The van der Waals surface area contributed by atoms with E-state index in [1.54, 1.807) is 20.2 Å². The zero-order valence-corrected chi connectivity index (χ0v) is 17.6. The molecule has 1 aromatic carbocycles. The number of amides is 1. The second-order valence-corrected chi connectivity index (χ2v) is 5.77. The predicted octanol–water partition coefficient (Wildman–Crippen LogP) is 1.78. The minimum absolute atomic E-state index is 0. The third-order valence-corrected chi connectivity index (χ3v) is 3.58. The second kappa shape index (κ2) is 11.6. The molecule has 2 N–H and O–H groups in total. The van der Waals surface area contributed by atoms with Gasteiger partial charge in [0.15, 0.2) is 17.5 Å². The Kier molecular flexibility index (Phi) is 9.85. The number of nitrogens with one attached hydrogen (secondary N) is 2. The van der Waals surface area contributed by atoms with Gasteiger partial charge in [-0.2, -0.15) is 0 Å². The molecule has 0 unspecified atom stereocenters. The number of rotatable bonds is 6. The van der Waals surface area contributed by atoms with Gasteiger partial charge in [0, 0.05) is 32.6 Å². The monoisotopic (exact) mass is 474 g/mol. The molecule has 26 heavy (non-hydrogen) atoms. The molecule has 8 heteroatoms. The third-order valence-electron chi connectivity index (χ3n) is 3.58. The maximum atomic E-state index is 11.7. The van der Waals surface area contributed by atoms with E-state index in [1.807, 2.05) is 18.2 Å². The molecule has 0 saturated heterocycles. The van der Waals surface area contributed by atoms with Crippen LogP contribution in [0.15, 0.2) is 35.8 Å². The Labute approximate surface area is 171 Å². The van der Waals surface area contributed by atoms with Crippen molar-refractivity contribution >= 4 is 35.8 Å². The van der Waals surface area contributed by atoms with Crippen LogP contribution in [0.1, 0.15) is 12.0 Å². The van der Waals surface area contributed by atoms with Crippen molar-refractivity contribution in [2.45, 2.75) is 13.0 Å². The van der Waals surface area contributed by atoms with Crippen LogP contribution >= 0.6 is 24.0 Å². The minimum Gasteiger partial charge on any atom is -0.490 e. The fourth-order valence-electron chi connectivity index (χ4n) is 2.20. The van der Waals surface area contributed by atoms with Gasteiger partial charge in [-0.25, -0.2) is 4.99 Å². The van der Waals surface area contributed by atoms with Crippen molar-refractivity contribution in [1.82, 2.24) is 15.5 Å². The second-order valence-electron chi connectivity index (χ2n) is 5.77. The van der Waals surface area contributed by atoms with E-state index in [1.165, 1.54) is 4.90 Å². The molecule has 1 heterocycles. The van der Waals surface area contributed by atoms with Crippen molar-refractivity contribution in [3.8, 4) is 11.5 Å². The van der Waals surface area contributed by atoms with Crippen LogP contribution in [0.2, 0.25) is 0 Å². The molecule has 1 aromatic rings. The van der Waals surface area contributed by atoms with Gasteiger partial charge >= 0.3 is 0 Å². The van der Waals surface area contributed by atoms with E-state index >= 15 is 0 Å². The summed E-state index contributed by atoms with van der Waals surface area (Å²) in [6.45, 7) is 6.10. The fourth-order valence-corrected chi connectivity index (χ4v) is 2.20. The first-order valence-electron chi connectivity index (χ1n) is 8.32. The summed E-state index contributed by atoms with van der Waals surface area (Å²) in [6.07, 6.45) is 2.59. The average molecular weight is 474 g/mol. The van der Waals surface area contributed by atoms with Crippen molar-refractivity contribution in [1.29, 1.82) is 0 Å². The van der Waals surface area contributed by atoms with Crippen LogP contribution in [0.3, 0.4) is 0 Å². The Hall–Kier alpha value is -1.97. The van der Waals surface area contributed by atoms with Gasteiger partial charge in [0.25, 0.3) is 0 Å². The smallest absolute Gasteiger partial charge is 0.241 e. The minimum atomic E-state index is -0.0292. The summed E-state index contributed by atoms with van der Waals surface area (Å²) >= 11 is 0. The molecule has 0 spiro atoms. The molecule has 2 rings (SSSR count). The van der Waals surface area contributed by atoms with Gasteiger partial charge in [-0.1, -0.05) is 18.2 Å². The Bertz CT molecular complexity index is 635. The highest BCUT2D eigenvalue weighted by atomic mass is 127. The number of hydrogen-bond donors (Lipinski definition) is 2. The number of ether oxygens (including phenoxy) is 2. The van der Waals surface area contributed by atoms with Gasteiger partial charge in [0.1, 0.15) is 0 Å². The van der Waals surface area contributed by atoms with Crippen molar-refractivity contribution in [3.63, 3.8) is 0 Å². The van der Waals surface area contributed by atoms with Gasteiger partial charge in [0.05, 0.1) is 26.3 Å². The normalized spacial score (nSPS) is 13.1. The fraction of sp³-hybridized carbons (Fsp3) is 0.444. The molecular weight excluding hydrogens is 447 g/mol. The lowest BCUT2D eigenvalue weighted by Crippen LogP contribution is -2.43. The summed E-state index contributed by atoms with van der Waals surface area (Å²) in [6, 6.07) is 5.80. The summed E-state index contributed by atoms with van der Waals surface area (Å²) in [5.74, 6) is 2.01. The summed E-state index contributed by atoms with van der Waals surface area (Å²) in [4.78, 5) is 17.8. The number of para-hydroxylation sites is 1. The molecule has 0 saturated carbocycles. The average Bonchev–Trinajstić information content (AvgIpc) is 2.86. The molecule has 0 fully saturated rings. The van der Waals surface area contributed by atoms with Crippen molar-refractivity contribution < 1.29 is 14.3 Å². The predicted molar refractivity (Wildman–Crippen MR) is 113 cm³/mol. The van der Waals surface area contributed by atoms with E-state index in [4.69, 9.17) is 9.47 Å². The SMILES string of the molecule is C=CCNC(=NCc1cccc2c1OCCCO2)NCC(=O)N(C)C.I. The van der Waals surface area contributed by atoms with Crippen molar-refractivity contribution in [2.24, 2.45) is 4.99 Å². The van der Waals surface area contributed by atoms with E-state index < -0.39 is 0 Å². The van der Waals surface area contributed by atoms with Crippen LogP contribution in [0, 0.1) is 0 Å². The van der Waals surface area contributed by atoms with Crippen molar-refractivity contribution in [3.05, 3.63) is 36.4 Å². The number of likely N-dealkylation sites (N-methyl/N-ethyl adjacent to an activating group) is 1. The van der Waals surface area contributed by atoms with Gasteiger partial charge in [-0.3, -0.25) is 4.79 Å². The molecular formula is C18H27IN4O3. The Morgan fingerprint density at radius 1 is 1.31 bits per heavy atom.